The molecule has 25 heavy (non-hydrogen) atoms. The Balaban J connectivity index is 1.50. The minimum Gasteiger partial charge on any atom is -0.368 e. The van der Waals surface area contributed by atoms with Crippen molar-refractivity contribution in [2.24, 2.45) is 0 Å². The average Bonchev–Trinajstić information content (AvgIpc) is 2.86. The predicted molar refractivity (Wildman–Crippen MR) is 94.9 cm³/mol. The van der Waals surface area contributed by atoms with Crippen molar-refractivity contribution < 1.29 is 14.7 Å². The fourth-order valence-electron chi connectivity index (χ4n) is 3.50. The molecule has 0 aromatic heterocycles. The number of nitrogens with zero attached hydrogens (tertiary/aromatic N) is 2. The van der Waals surface area contributed by atoms with Crippen LogP contribution < -0.4 is 15.5 Å². The van der Waals surface area contributed by atoms with E-state index in [-0.39, 0.29) is 18.2 Å². The summed E-state index contributed by atoms with van der Waals surface area (Å²) in [5.74, 6) is -0.209. The number of rotatable bonds is 4. The van der Waals surface area contributed by atoms with Crippen LogP contribution in [0.3, 0.4) is 0 Å². The van der Waals surface area contributed by atoms with Crippen molar-refractivity contribution in [2.45, 2.75) is 38.6 Å². The predicted octanol–water partition coefficient (Wildman–Crippen LogP) is 0.178. The van der Waals surface area contributed by atoms with E-state index in [0.717, 1.165) is 13.1 Å². The highest BCUT2D eigenvalue weighted by atomic mass is 16.3. The van der Waals surface area contributed by atoms with Gasteiger partial charge >= 0.3 is 0 Å². The van der Waals surface area contributed by atoms with Crippen LogP contribution in [-0.2, 0) is 9.59 Å². The van der Waals surface area contributed by atoms with Crippen molar-refractivity contribution in [1.82, 2.24) is 15.5 Å². The SMILES string of the molecule is Cc1ccccc1N1CCN(C(=O)CCC2(C)NC(O)NC2=O)CC1. The number of carbonyl (C=O) groups excluding carboxylic acids is 2. The number of nitrogens with one attached hydrogen (secondary N) is 2. The molecule has 0 bridgehead atoms. The van der Waals surface area contributed by atoms with Gasteiger partial charge in [0.2, 0.25) is 11.8 Å². The van der Waals surface area contributed by atoms with Gasteiger partial charge in [-0.25, -0.2) is 0 Å². The van der Waals surface area contributed by atoms with Crippen molar-refractivity contribution in [3.05, 3.63) is 29.8 Å². The largest absolute Gasteiger partial charge is 0.368 e. The maximum Gasteiger partial charge on any atom is 0.243 e. The number of carbonyl (C=O) groups is 2. The number of aryl methyl sites for hydroxylation is 1. The van der Waals surface area contributed by atoms with Gasteiger partial charge in [0, 0.05) is 38.3 Å². The monoisotopic (exact) mass is 346 g/mol. The van der Waals surface area contributed by atoms with E-state index in [1.54, 1.807) is 6.92 Å². The number of hydrogen-bond acceptors (Lipinski definition) is 5. The Bertz CT molecular complexity index is 657. The quantitative estimate of drug-likeness (QED) is 0.724. The van der Waals surface area contributed by atoms with Crippen LogP contribution in [0.25, 0.3) is 0 Å². The minimum atomic E-state index is -1.04. The maximum atomic E-state index is 12.5. The van der Waals surface area contributed by atoms with Crippen LogP contribution in [0.5, 0.6) is 0 Å². The Hall–Kier alpha value is -2.12. The molecule has 3 rings (SSSR count). The smallest absolute Gasteiger partial charge is 0.243 e. The van der Waals surface area contributed by atoms with Crippen molar-refractivity contribution in [3.63, 3.8) is 0 Å². The topological polar surface area (TPSA) is 84.9 Å². The van der Waals surface area contributed by atoms with E-state index in [1.165, 1.54) is 11.3 Å². The standard InChI is InChI=1S/C18H26N4O3/c1-13-5-3-4-6-14(13)21-9-11-22(12-10-21)15(23)7-8-18(2)16(24)19-17(25)20-18/h3-6,17,20,25H,7-12H2,1-2H3,(H,19,24). The molecule has 2 atom stereocenters. The van der Waals surface area contributed by atoms with Crippen LogP contribution in [0, 0.1) is 6.92 Å². The summed E-state index contributed by atoms with van der Waals surface area (Å²) < 4.78 is 0. The Morgan fingerprint density at radius 2 is 1.96 bits per heavy atom. The third kappa shape index (κ3) is 3.77. The molecule has 1 aromatic carbocycles. The third-order valence-corrected chi connectivity index (χ3v) is 5.15. The van der Waals surface area contributed by atoms with Gasteiger partial charge in [-0.15, -0.1) is 0 Å². The lowest BCUT2D eigenvalue weighted by atomic mass is 9.96. The molecule has 136 valence electrons. The number of anilines is 1. The van der Waals surface area contributed by atoms with Gasteiger partial charge in [-0.05, 0) is 31.9 Å². The second-order valence-corrected chi connectivity index (χ2v) is 7.01. The van der Waals surface area contributed by atoms with Gasteiger partial charge in [-0.1, -0.05) is 18.2 Å². The van der Waals surface area contributed by atoms with E-state index in [4.69, 9.17) is 0 Å². The molecule has 1 aromatic rings. The van der Waals surface area contributed by atoms with E-state index in [2.05, 4.69) is 34.6 Å². The molecular weight excluding hydrogens is 320 g/mol. The Morgan fingerprint density at radius 3 is 2.56 bits per heavy atom. The Labute approximate surface area is 148 Å². The summed E-state index contributed by atoms with van der Waals surface area (Å²) in [4.78, 5) is 28.5. The summed E-state index contributed by atoms with van der Waals surface area (Å²) in [5.41, 5.74) is 1.58. The highest BCUT2D eigenvalue weighted by Gasteiger charge is 2.41. The lowest BCUT2D eigenvalue weighted by Crippen LogP contribution is -2.50. The molecule has 7 nitrogen and oxygen atoms in total. The zero-order chi connectivity index (χ0) is 18.0. The summed E-state index contributed by atoms with van der Waals surface area (Å²) >= 11 is 0. The first kappa shape index (κ1) is 17.7. The number of hydrogen-bond donors (Lipinski definition) is 3. The van der Waals surface area contributed by atoms with E-state index in [1.807, 2.05) is 17.0 Å². The molecule has 2 heterocycles. The van der Waals surface area contributed by atoms with Gasteiger partial charge in [-0.3, -0.25) is 14.9 Å². The highest BCUT2D eigenvalue weighted by Crippen LogP contribution is 2.22. The van der Waals surface area contributed by atoms with E-state index in [0.29, 0.717) is 19.5 Å². The van der Waals surface area contributed by atoms with Gasteiger partial charge in [0.25, 0.3) is 0 Å². The number of benzene rings is 1. The second-order valence-electron chi connectivity index (χ2n) is 7.01. The summed E-state index contributed by atoms with van der Waals surface area (Å²) in [6.45, 7) is 6.80. The normalized spacial score (nSPS) is 26.7. The van der Waals surface area contributed by atoms with E-state index in [9.17, 15) is 14.7 Å². The molecule has 2 unspecified atom stereocenters. The molecule has 3 N–H and O–H groups in total. The Morgan fingerprint density at radius 1 is 1.28 bits per heavy atom. The Kier molecular flexibility index (Phi) is 4.96. The number of aliphatic hydroxyl groups is 1. The van der Waals surface area contributed by atoms with Crippen LogP contribution in [0.4, 0.5) is 5.69 Å². The molecule has 2 amide bonds. The summed E-state index contributed by atoms with van der Waals surface area (Å²) in [5, 5.41) is 14.7. The fourth-order valence-corrected chi connectivity index (χ4v) is 3.50. The van der Waals surface area contributed by atoms with Gasteiger partial charge in [0.05, 0.1) is 5.54 Å². The number of para-hydroxylation sites is 1. The molecular formula is C18H26N4O3. The minimum absolute atomic E-state index is 0.0571. The number of piperazine rings is 1. The van der Waals surface area contributed by atoms with E-state index >= 15 is 0 Å². The average molecular weight is 346 g/mol. The summed E-state index contributed by atoms with van der Waals surface area (Å²) in [6, 6.07) is 8.28. The number of amides is 2. The van der Waals surface area contributed by atoms with Gasteiger partial charge in [-0.2, -0.15) is 0 Å². The van der Waals surface area contributed by atoms with Crippen LogP contribution in [0.1, 0.15) is 25.3 Å². The summed E-state index contributed by atoms with van der Waals surface area (Å²) in [7, 11) is 0. The lowest BCUT2D eigenvalue weighted by Gasteiger charge is -2.37. The fraction of sp³-hybridized carbons (Fsp3) is 0.556. The van der Waals surface area contributed by atoms with Crippen LogP contribution >= 0.6 is 0 Å². The first-order chi connectivity index (χ1) is 11.9. The highest BCUT2D eigenvalue weighted by molar-refractivity contribution is 5.89. The van der Waals surface area contributed by atoms with Crippen LogP contribution in [-0.4, -0.2) is 59.9 Å². The molecule has 0 radical (unpaired) electrons. The second kappa shape index (κ2) is 7.01. The zero-order valence-corrected chi connectivity index (χ0v) is 14.8. The van der Waals surface area contributed by atoms with E-state index < -0.39 is 11.9 Å². The van der Waals surface area contributed by atoms with Gasteiger partial charge in [0.1, 0.15) is 0 Å². The zero-order valence-electron chi connectivity index (χ0n) is 14.8. The van der Waals surface area contributed by atoms with Crippen LogP contribution in [0.2, 0.25) is 0 Å². The molecule has 0 aliphatic carbocycles. The molecule has 2 aliphatic heterocycles. The molecule has 0 spiro atoms. The lowest BCUT2D eigenvalue weighted by molar-refractivity contribution is -0.132. The summed E-state index contributed by atoms with van der Waals surface area (Å²) in [6.07, 6.45) is -0.383. The molecule has 7 heteroatoms. The molecule has 0 saturated carbocycles. The van der Waals surface area contributed by atoms with Gasteiger partial charge < -0.3 is 20.2 Å². The van der Waals surface area contributed by atoms with Crippen molar-refractivity contribution in [3.8, 4) is 0 Å². The maximum absolute atomic E-state index is 12.5. The van der Waals surface area contributed by atoms with Crippen molar-refractivity contribution in [2.75, 3.05) is 31.1 Å². The van der Waals surface area contributed by atoms with Crippen molar-refractivity contribution in [1.29, 1.82) is 0 Å². The molecule has 2 aliphatic rings. The first-order valence-corrected chi connectivity index (χ1v) is 8.74. The van der Waals surface area contributed by atoms with Gasteiger partial charge in [0.15, 0.2) is 6.35 Å². The molecule has 2 saturated heterocycles. The molecule has 2 fully saturated rings. The van der Waals surface area contributed by atoms with Crippen molar-refractivity contribution >= 4 is 17.5 Å². The third-order valence-electron chi connectivity index (χ3n) is 5.15. The first-order valence-electron chi connectivity index (χ1n) is 8.74. The number of aliphatic hydroxyl groups excluding tert-OH is 1. The van der Waals surface area contributed by atoms with Crippen LogP contribution in [0.15, 0.2) is 24.3 Å².